The van der Waals surface area contributed by atoms with E-state index in [2.05, 4.69) is 5.32 Å². The van der Waals surface area contributed by atoms with Crippen molar-refractivity contribution >= 4 is 17.4 Å². The van der Waals surface area contributed by atoms with Crippen LogP contribution in [0.4, 0.5) is 18.9 Å². The molecule has 0 radical (unpaired) electrons. The van der Waals surface area contributed by atoms with Crippen LogP contribution in [0.3, 0.4) is 0 Å². The van der Waals surface area contributed by atoms with Crippen molar-refractivity contribution in [2.75, 3.05) is 31.5 Å². The standard InChI is InChI=1S/C30H30F3N2O3/c31-30(32,33)24-13-11-23(12-14-24)28(34-25-9-5-2-6-10-25)29(37)38-27-20-35(17-15-22(27)16-18-35)19-26(36)21-7-3-1-4-8-21/h1-14,22,27-28,34H,15-20H2/q+1. The van der Waals surface area contributed by atoms with E-state index in [1.807, 2.05) is 48.5 Å². The number of esters is 1. The quantitative estimate of drug-likeness (QED) is 0.227. The lowest BCUT2D eigenvalue weighted by Crippen LogP contribution is -2.65. The first-order valence-electron chi connectivity index (χ1n) is 12.9. The predicted molar refractivity (Wildman–Crippen MR) is 137 cm³/mol. The van der Waals surface area contributed by atoms with Crippen LogP contribution in [0.25, 0.3) is 0 Å². The average molecular weight is 524 g/mol. The molecule has 3 aromatic carbocycles. The highest BCUT2D eigenvalue weighted by atomic mass is 19.4. The average Bonchev–Trinajstić information content (AvgIpc) is 2.93. The van der Waals surface area contributed by atoms with Crippen LogP contribution in [-0.4, -0.2) is 48.5 Å². The summed E-state index contributed by atoms with van der Waals surface area (Å²) in [5, 5.41) is 3.14. The number of ketones is 1. The van der Waals surface area contributed by atoms with Crippen LogP contribution in [0.5, 0.6) is 0 Å². The maximum Gasteiger partial charge on any atom is 0.416 e. The van der Waals surface area contributed by atoms with Gasteiger partial charge in [0.1, 0.15) is 13.1 Å². The largest absolute Gasteiger partial charge is 0.454 e. The van der Waals surface area contributed by atoms with E-state index in [0.29, 0.717) is 34.4 Å². The van der Waals surface area contributed by atoms with Gasteiger partial charge in [-0.05, 0) is 29.8 Å². The smallest absolute Gasteiger partial charge is 0.416 e. The van der Waals surface area contributed by atoms with Crippen molar-refractivity contribution in [3.8, 4) is 0 Å². The van der Waals surface area contributed by atoms with Crippen molar-refractivity contribution in [2.45, 2.75) is 31.2 Å². The van der Waals surface area contributed by atoms with Crippen LogP contribution in [0, 0.1) is 5.92 Å². The molecule has 5 nitrogen and oxygen atoms in total. The number of carbonyl (C=O) groups excluding carboxylic acids is 2. The topological polar surface area (TPSA) is 55.4 Å². The molecule has 0 spiro atoms. The molecule has 3 aliphatic rings. The second-order valence-electron chi connectivity index (χ2n) is 10.3. The molecule has 0 aliphatic carbocycles. The fourth-order valence-electron chi connectivity index (χ4n) is 5.66. The van der Waals surface area contributed by atoms with E-state index in [4.69, 9.17) is 4.74 Å². The van der Waals surface area contributed by atoms with Crippen LogP contribution in [0.15, 0.2) is 84.9 Å². The lowest BCUT2D eigenvalue weighted by molar-refractivity contribution is -0.938. The van der Waals surface area contributed by atoms with Gasteiger partial charge in [-0.2, -0.15) is 13.2 Å². The molecular weight excluding hydrogens is 493 g/mol. The Morgan fingerprint density at radius 2 is 1.50 bits per heavy atom. The van der Waals surface area contributed by atoms with Crippen molar-refractivity contribution in [2.24, 2.45) is 5.92 Å². The van der Waals surface area contributed by atoms with Crippen molar-refractivity contribution in [1.82, 2.24) is 0 Å². The number of rotatable bonds is 8. The Balaban J connectivity index is 1.33. The minimum Gasteiger partial charge on any atom is -0.454 e. The van der Waals surface area contributed by atoms with Gasteiger partial charge in [0.2, 0.25) is 5.78 Å². The molecule has 8 heteroatoms. The second kappa shape index (κ2) is 10.6. The van der Waals surface area contributed by atoms with E-state index >= 15 is 0 Å². The number of benzene rings is 3. The summed E-state index contributed by atoms with van der Waals surface area (Å²) in [5.74, 6) is -0.264. The summed E-state index contributed by atoms with van der Waals surface area (Å²) in [4.78, 5) is 26.5. The van der Waals surface area contributed by atoms with Crippen LogP contribution >= 0.6 is 0 Å². The number of piperidine rings is 3. The van der Waals surface area contributed by atoms with Gasteiger partial charge in [0.15, 0.2) is 12.1 Å². The Kier molecular flexibility index (Phi) is 7.25. The van der Waals surface area contributed by atoms with Gasteiger partial charge >= 0.3 is 12.1 Å². The van der Waals surface area contributed by atoms with E-state index < -0.39 is 23.8 Å². The number of hydrogen-bond donors (Lipinski definition) is 1. The zero-order valence-corrected chi connectivity index (χ0v) is 20.9. The highest BCUT2D eigenvalue weighted by molar-refractivity contribution is 5.97. The van der Waals surface area contributed by atoms with Crippen LogP contribution < -0.4 is 5.32 Å². The number of hydrogen-bond acceptors (Lipinski definition) is 4. The monoisotopic (exact) mass is 523 g/mol. The van der Waals surface area contributed by atoms with E-state index in [1.165, 1.54) is 12.1 Å². The summed E-state index contributed by atoms with van der Waals surface area (Å²) in [6.45, 7) is 2.64. The molecule has 1 N–H and O–H groups in total. The molecule has 0 amide bonds. The normalized spacial score (nSPS) is 23.4. The predicted octanol–water partition coefficient (Wildman–Crippen LogP) is 5.89. The number of Topliss-reactive ketones (excluding diaryl/α,β-unsaturated/α-hetero) is 1. The van der Waals surface area contributed by atoms with Gasteiger partial charge < -0.3 is 14.5 Å². The molecule has 0 saturated carbocycles. The van der Waals surface area contributed by atoms with Gasteiger partial charge in [-0.1, -0.05) is 60.7 Å². The van der Waals surface area contributed by atoms with Crippen molar-refractivity contribution in [1.29, 1.82) is 0 Å². The zero-order valence-electron chi connectivity index (χ0n) is 20.9. The summed E-state index contributed by atoms with van der Waals surface area (Å²) in [6.07, 6.45) is -3.11. The molecule has 38 heavy (non-hydrogen) atoms. The molecule has 198 valence electrons. The number of ether oxygens (including phenoxy) is 1. The first-order valence-corrected chi connectivity index (χ1v) is 12.9. The summed E-state index contributed by atoms with van der Waals surface area (Å²) in [7, 11) is 0. The Morgan fingerprint density at radius 1 is 0.895 bits per heavy atom. The zero-order chi connectivity index (χ0) is 26.8. The van der Waals surface area contributed by atoms with E-state index in [9.17, 15) is 22.8 Å². The van der Waals surface area contributed by atoms with Crippen LogP contribution in [0.1, 0.15) is 40.4 Å². The Morgan fingerprint density at radius 3 is 2.11 bits per heavy atom. The molecule has 6 rings (SSSR count). The first-order chi connectivity index (χ1) is 18.2. The molecule has 3 saturated heterocycles. The number of nitrogens with zero attached hydrogens (tertiary/aromatic N) is 1. The van der Waals surface area contributed by atoms with Gasteiger partial charge in [0, 0.05) is 30.0 Å². The van der Waals surface area contributed by atoms with E-state index in [1.54, 1.807) is 12.1 Å². The van der Waals surface area contributed by atoms with Gasteiger partial charge in [-0.15, -0.1) is 0 Å². The third-order valence-corrected chi connectivity index (χ3v) is 7.78. The van der Waals surface area contributed by atoms with Crippen molar-refractivity contribution in [3.05, 3.63) is 102 Å². The summed E-state index contributed by atoms with van der Waals surface area (Å²) < 4.78 is 46.0. The second-order valence-corrected chi connectivity index (χ2v) is 10.3. The van der Waals surface area contributed by atoms with Gasteiger partial charge in [-0.3, -0.25) is 4.79 Å². The van der Waals surface area contributed by atoms with Gasteiger partial charge in [0.25, 0.3) is 0 Å². The summed E-state index contributed by atoms with van der Waals surface area (Å²) >= 11 is 0. The third-order valence-electron chi connectivity index (χ3n) is 7.78. The Bertz CT molecular complexity index is 1260. The highest BCUT2D eigenvalue weighted by Crippen LogP contribution is 2.37. The fourth-order valence-corrected chi connectivity index (χ4v) is 5.66. The minimum atomic E-state index is -4.47. The van der Waals surface area contributed by atoms with Gasteiger partial charge in [0.05, 0.1) is 18.7 Å². The van der Waals surface area contributed by atoms with Crippen LogP contribution in [0.2, 0.25) is 0 Å². The number of para-hydroxylation sites is 1. The van der Waals surface area contributed by atoms with Crippen LogP contribution in [-0.2, 0) is 15.7 Å². The number of quaternary nitrogens is 1. The highest BCUT2D eigenvalue weighted by Gasteiger charge is 2.49. The molecule has 3 aromatic rings. The summed E-state index contributed by atoms with van der Waals surface area (Å²) in [5.41, 5.74) is 0.937. The minimum absolute atomic E-state index is 0.0735. The SMILES string of the molecule is O=C(C[N+]12CCC(CC1)C(OC(=O)C(Nc1ccccc1)c1ccc(C(F)(F)F)cc1)C2)c1ccccc1. The maximum absolute atomic E-state index is 13.5. The molecule has 3 fully saturated rings. The van der Waals surface area contributed by atoms with Crippen molar-refractivity contribution in [3.63, 3.8) is 0 Å². The molecule has 3 heterocycles. The number of halogens is 3. The van der Waals surface area contributed by atoms with E-state index in [-0.39, 0.29) is 17.8 Å². The molecule has 0 aromatic heterocycles. The molecule has 2 unspecified atom stereocenters. The first kappa shape index (κ1) is 26.0. The fraction of sp³-hybridized carbons (Fsp3) is 0.333. The molecule has 3 aliphatic heterocycles. The number of carbonyl (C=O) groups is 2. The Labute approximate surface area is 219 Å². The number of nitrogens with one attached hydrogen (secondary N) is 1. The molecule has 2 bridgehead atoms. The summed E-state index contributed by atoms with van der Waals surface area (Å²) in [6, 6.07) is 21.8. The number of fused-ring (bicyclic) bond motifs is 3. The van der Waals surface area contributed by atoms with Crippen molar-refractivity contribution < 1.29 is 32.0 Å². The lowest BCUT2D eigenvalue weighted by atomic mass is 9.82. The molecular formula is C30H30F3N2O3+. The Hall–Kier alpha value is -3.65. The lowest BCUT2D eigenvalue weighted by Gasteiger charge is -2.51. The van der Waals surface area contributed by atoms with E-state index in [0.717, 1.165) is 38.1 Å². The number of anilines is 1. The molecule has 2 atom stereocenters. The van der Waals surface area contributed by atoms with Gasteiger partial charge in [-0.25, -0.2) is 4.79 Å². The maximum atomic E-state index is 13.5. The number of alkyl halides is 3. The third kappa shape index (κ3) is 5.75.